The van der Waals surface area contributed by atoms with Crippen molar-refractivity contribution in [3.05, 3.63) is 11.6 Å². The molecule has 0 saturated heterocycles. The normalized spacial score (nSPS) is 11.9. The molecule has 1 atom stereocenters. The molecule has 0 aromatic carbocycles. The predicted molar refractivity (Wildman–Crippen MR) is 56.7 cm³/mol. The summed E-state index contributed by atoms with van der Waals surface area (Å²) in [6, 6.07) is 0. The van der Waals surface area contributed by atoms with Crippen molar-refractivity contribution in [3.63, 3.8) is 0 Å². The van der Waals surface area contributed by atoms with Crippen LogP contribution in [-0.4, -0.2) is 22.2 Å². The van der Waals surface area contributed by atoms with Gasteiger partial charge in [0.2, 0.25) is 0 Å². The highest BCUT2D eigenvalue weighted by Crippen LogP contribution is 2.16. The fourth-order valence-electron chi connectivity index (χ4n) is 1.34. The summed E-state index contributed by atoms with van der Waals surface area (Å²) in [4.78, 5) is 21.2. The van der Waals surface area contributed by atoms with E-state index in [-0.39, 0.29) is 5.92 Å². The van der Waals surface area contributed by atoms with Gasteiger partial charge in [-0.25, -0.2) is 9.59 Å². The number of rotatable bonds is 7. The first-order valence-electron chi connectivity index (χ1n) is 5.21. The van der Waals surface area contributed by atoms with Crippen LogP contribution in [0.1, 0.15) is 39.5 Å². The van der Waals surface area contributed by atoms with Crippen molar-refractivity contribution in [3.8, 4) is 0 Å². The summed E-state index contributed by atoms with van der Waals surface area (Å²) in [7, 11) is 0. The van der Waals surface area contributed by atoms with E-state index in [2.05, 4.69) is 0 Å². The van der Waals surface area contributed by atoms with Crippen LogP contribution in [0.2, 0.25) is 0 Å². The smallest absolute Gasteiger partial charge is 0.342 e. The first-order chi connectivity index (χ1) is 7.02. The second kappa shape index (κ2) is 7.04. The van der Waals surface area contributed by atoms with E-state index in [0.717, 1.165) is 25.7 Å². The molecule has 0 aromatic rings. The molecular formula is C11H18O4. The van der Waals surface area contributed by atoms with Crippen LogP contribution >= 0.6 is 0 Å². The molecule has 1 unspecified atom stereocenters. The molecule has 0 aliphatic rings. The Kier molecular flexibility index (Phi) is 6.42. The van der Waals surface area contributed by atoms with Gasteiger partial charge in [-0.3, -0.25) is 0 Å². The van der Waals surface area contributed by atoms with E-state index in [9.17, 15) is 9.59 Å². The minimum atomic E-state index is -1.36. The molecule has 0 aliphatic heterocycles. The SMILES string of the molecule is CCCCC(C=C(C(=O)O)C(=O)O)CC. The van der Waals surface area contributed by atoms with Gasteiger partial charge in [-0.1, -0.05) is 32.8 Å². The first kappa shape index (κ1) is 13.7. The Bertz CT molecular complexity index is 239. The zero-order chi connectivity index (χ0) is 11.8. The molecule has 15 heavy (non-hydrogen) atoms. The van der Waals surface area contributed by atoms with Crippen molar-refractivity contribution in [2.24, 2.45) is 5.92 Å². The van der Waals surface area contributed by atoms with E-state index >= 15 is 0 Å². The monoisotopic (exact) mass is 214 g/mol. The Balaban J connectivity index is 4.60. The third-order valence-corrected chi connectivity index (χ3v) is 2.32. The number of carboxylic acid groups (broad SMARTS) is 2. The topological polar surface area (TPSA) is 74.6 Å². The molecule has 2 N–H and O–H groups in total. The molecule has 0 amide bonds. The Labute approximate surface area is 89.6 Å². The van der Waals surface area contributed by atoms with Gasteiger partial charge in [-0.05, 0) is 18.8 Å². The van der Waals surface area contributed by atoms with Gasteiger partial charge in [0, 0.05) is 0 Å². The molecule has 0 radical (unpaired) electrons. The van der Waals surface area contributed by atoms with Crippen molar-refractivity contribution in [1.82, 2.24) is 0 Å². The van der Waals surface area contributed by atoms with Crippen LogP contribution in [0.4, 0.5) is 0 Å². The minimum absolute atomic E-state index is 0.0483. The lowest BCUT2D eigenvalue weighted by atomic mass is 9.96. The van der Waals surface area contributed by atoms with Gasteiger partial charge in [-0.2, -0.15) is 0 Å². The lowest BCUT2D eigenvalue weighted by molar-refractivity contribution is -0.140. The zero-order valence-electron chi connectivity index (χ0n) is 9.19. The fourth-order valence-corrected chi connectivity index (χ4v) is 1.34. The van der Waals surface area contributed by atoms with Crippen molar-refractivity contribution in [2.75, 3.05) is 0 Å². The third-order valence-electron chi connectivity index (χ3n) is 2.32. The molecule has 0 aliphatic carbocycles. The van der Waals surface area contributed by atoms with Crippen LogP contribution in [0.15, 0.2) is 11.6 Å². The maximum atomic E-state index is 10.6. The Morgan fingerprint density at radius 1 is 1.20 bits per heavy atom. The summed E-state index contributed by atoms with van der Waals surface area (Å²) in [6.45, 7) is 3.98. The summed E-state index contributed by atoms with van der Waals surface area (Å²) >= 11 is 0. The second-order valence-electron chi connectivity index (χ2n) is 3.50. The van der Waals surface area contributed by atoms with Gasteiger partial charge in [-0.15, -0.1) is 0 Å². The van der Waals surface area contributed by atoms with Gasteiger partial charge in [0.05, 0.1) is 0 Å². The van der Waals surface area contributed by atoms with Gasteiger partial charge >= 0.3 is 11.9 Å². The maximum Gasteiger partial charge on any atom is 0.342 e. The van der Waals surface area contributed by atoms with Gasteiger partial charge in [0.15, 0.2) is 0 Å². The lowest BCUT2D eigenvalue weighted by Crippen LogP contribution is -2.13. The van der Waals surface area contributed by atoms with Gasteiger partial charge < -0.3 is 10.2 Å². The molecule has 0 saturated carbocycles. The molecule has 86 valence electrons. The number of carboxylic acids is 2. The van der Waals surface area contributed by atoms with E-state index in [1.807, 2.05) is 13.8 Å². The number of carbonyl (C=O) groups is 2. The van der Waals surface area contributed by atoms with Crippen LogP contribution < -0.4 is 0 Å². The molecule has 0 heterocycles. The number of hydrogen-bond acceptors (Lipinski definition) is 2. The van der Waals surface area contributed by atoms with Crippen LogP contribution in [-0.2, 0) is 9.59 Å². The summed E-state index contributed by atoms with van der Waals surface area (Å²) in [5.74, 6) is -2.68. The fraction of sp³-hybridized carbons (Fsp3) is 0.636. The van der Waals surface area contributed by atoms with Crippen LogP contribution in [0.25, 0.3) is 0 Å². The van der Waals surface area contributed by atoms with Crippen LogP contribution in [0.3, 0.4) is 0 Å². The van der Waals surface area contributed by atoms with E-state index in [1.165, 1.54) is 6.08 Å². The Morgan fingerprint density at radius 2 is 1.73 bits per heavy atom. The van der Waals surface area contributed by atoms with Gasteiger partial charge in [0.25, 0.3) is 0 Å². The van der Waals surface area contributed by atoms with Gasteiger partial charge in [0.1, 0.15) is 5.57 Å². The molecule has 0 rings (SSSR count). The molecular weight excluding hydrogens is 196 g/mol. The summed E-state index contributed by atoms with van der Waals surface area (Å²) in [6.07, 6.45) is 4.99. The van der Waals surface area contributed by atoms with Crippen molar-refractivity contribution in [1.29, 1.82) is 0 Å². The average molecular weight is 214 g/mol. The molecule has 4 nitrogen and oxygen atoms in total. The largest absolute Gasteiger partial charge is 0.477 e. The van der Waals surface area contributed by atoms with E-state index < -0.39 is 17.5 Å². The van der Waals surface area contributed by atoms with Crippen LogP contribution in [0, 0.1) is 5.92 Å². The summed E-state index contributed by atoms with van der Waals surface area (Å²) in [5.41, 5.74) is -0.516. The molecule has 0 bridgehead atoms. The molecule has 0 fully saturated rings. The zero-order valence-corrected chi connectivity index (χ0v) is 9.19. The summed E-state index contributed by atoms with van der Waals surface area (Å²) in [5, 5.41) is 17.3. The molecule has 0 aromatic heterocycles. The number of hydrogen-bond donors (Lipinski definition) is 2. The standard InChI is InChI=1S/C11H18O4/c1-3-5-6-8(4-2)7-9(10(12)13)11(14)15/h7-8H,3-6H2,1-2H3,(H,12,13)(H,14,15). The highest BCUT2D eigenvalue weighted by Gasteiger charge is 2.17. The van der Waals surface area contributed by atoms with E-state index in [4.69, 9.17) is 10.2 Å². The van der Waals surface area contributed by atoms with E-state index in [1.54, 1.807) is 0 Å². The quantitative estimate of drug-likeness (QED) is 0.387. The van der Waals surface area contributed by atoms with Crippen LogP contribution in [0.5, 0.6) is 0 Å². The minimum Gasteiger partial charge on any atom is -0.477 e. The molecule has 0 spiro atoms. The molecule has 4 heteroatoms. The number of aliphatic carboxylic acids is 2. The third kappa shape index (κ3) is 5.20. The van der Waals surface area contributed by atoms with Crippen molar-refractivity contribution >= 4 is 11.9 Å². The first-order valence-corrected chi connectivity index (χ1v) is 5.21. The second-order valence-corrected chi connectivity index (χ2v) is 3.50. The van der Waals surface area contributed by atoms with Crippen molar-refractivity contribution < 1.29 is 19.8 Å². The Hall–Kier alpha value is -1.32. The highest BCUT2D eigenvalue weighted by molar-refractivity contribution is 6.12. The number of allylic oxidation sites excluding steroid dienone is 1. The van der Waals surface area contributed by atoms with E-state index in [0.29, 0.717) is 0 Å². The Morgan fingerprint density at radius 3 is 2.07 bits per heavy atom. The lowest BCUT2D eigenvalue weighted by Gasteiger charge is -2.09. The van der Waals surface area contributed by atoms with Crippen molar-refractivity contribution in [2.45, 2.75) is 39.5 Å². The summed E-state index contributed by atoms with van der Waals surface area (Å²) < 4.78 is 0. The highest BCUT2D eigenvalue weighted by atomic mass is 16.4. The predicted octanol–water partition coefficient (Wildman–Crippen LogP) is 2.30. The maximum absolute atomic E-state index is 10.6. The average Bonchev–Trinajstić information content (AvgIpc) is 2.17. The number of unbranched alkanes of at least 4 members (excludes halogenated alkanes) is 1.